The van der Waals surface area contributed by atoms with Gasteiger partial charge in [0.15, 0.2) is 17.3 Å². The van der Waals surface area contributed by atoms with E-state index in [1.165, 1.54) is 0 Å². The van der Waals surface area contributed by atoms with E-state index < -0.39 is 0 Å². The molecule has 0 saturated heterocycles. The minimum absolute atomic E-state index is 0.0153. The summed E-state index contributed by atoms with van der Waals surface area (Å²) in [5.74, 6) is 0.815. The van der Waals surface area contributed by atoms with Gasteiger partial charge in [0.05, 0.1) is 14.2 Å². The normalized spacial score (nSPS) is 10.4. The first-order valence-corrected chi connectivity index (χ1v) is 9.24. The van der Waals surface area contributed by atoms with Crippen molar-refractivity contribution < 1.29 is 24.3 Å². The topological polar surface area (TPSA) is 97.8 Å². The maximum atomic E-state index is 12.7. The van der Waals surface area contributed by atoms with Gasteiger partial charge in [-0.25, -0.2) is 5.48 Å². The number of carbonyl (C=O) groups excluding carboxylic acids is 2. The molecule has 1 heterocycles. The average Bonchev–Trinajstić information content (AvgIpc) is 2.75. The molecule has 0 saturated carbocycles. The Morgan fingerprint density at radius 1 is 1.00 bits per heavy atom. The number of benzene rings is 1. The summed E-state index contributed by atoms with van der Waals surface area (Å²) in [4.78, 5) is 27.9. The molecule has 0 atom stereocenters. The van der Waals surface area contributed by atoms with Crippen molar-refractivity contribution in [1.29, 1.82) is 0 Å². The summed E-state index contributed by atoms with van der Waals surface area (Å²) in [6, 6.07) is 9.18. The predicted octanol–water partition coefficient (Wildman–Crippen LogP) is 3.79. The molecule has 7 heteroatoms. The van der Waals surface area contributed by atoms with Crippen LogP contribution in [-0.4, -0.2) is 36.1 Å². The Morgan fingerprint density at radius 2 is 1.71 bits per heavy atom. The molecule has 7 nitrogen and oxygen atoms in total. The number of ether oxygens (including phenoxy) is 2. The summed E-state index contributed by atoms with van der Waals surface area (Å²) in [5, 5.41) is 8.45. The number of unbranched alkanes of at least 4 members (excludes halogenated alkanes) is 3. The van der Waals surface area contributed by atoms with Crippen molar-refractivity contribution in [3.8, 4) is 22.6 Å². The molecule has 1 aromatic carbocycles. The lowest BCUT2D eigenvalue weighted by atomic mass is 9.98. The molecule has 0 radical (unpaired) electrons. The molecule has 2 aromatic rings. The summed E-state index contributed by atoms with van der Waals surface area (Å²) < 4.78 is 10.6. The zero-order valence-electron chi connectivity index (χ0n) is 16.2. The number of hydroxylamine groups is 1. The van der Waals surface area contributed by atoms with Crippen LogP contribution in [0.3, 0.4) is 0 Å². The molecule has 2 N–H and O–H groups in total. The quantitative estimate of drug-likeness (QED) is 0.264. The number of rotatable bonds is 11. The van der Waals surface area contributed by atoms with Gasteiger partial charge in [0.1, 0.15) is 5.69 Å². The van der Waals surface area contributed by atoms with E-state index in [0.717, 1.165) is 30.4 Å². The van der Waals surface area contributed by atoms with E-state index in [2.05, 4.69) is 4.98 Å². The Labute approximate surface area is 164 Å². The van der Waals surface area contributed by atoms with Crippen LogP contribution in [0, 0.1) is 0 Å². The minimum Gasteiger partial charge on any atom is -0.493 e. The third kappa shape index (κ3) is 5.79. The molecule has 1 amide bonds. The summed E-state index contributed by atoms with van der Waals surface area (Å²) >= 11 is 0. The van der Waals surface area contributed by atoms with Gasteiger partial charge < -0.3 is 9.47 Å². The highest BCUT2D eigenvalue weighted by Crippen LogP contribution is 2.33. The van der Waals surface area contributed by atoms with E-state index >= 15 is 0 Å². The van der Waals surface area contributed by atoms with Gasteiger partial charge >= 0.3 is 0 Å². The highest BCUT2D eigenvalue weighted by molar-refractivity contribution is 6.00. The number of amides is 1. The molecule has 0 fully saturated rings. The predicted molar refractivity (Wildman–Crippen MR) is 105 cm³/mol. The average molecular weight is 386 g/mol. The van der Waals surface area contributed by atoms with Crippen LogP contribution >= 0.6 is 0 Å². The molecular formula is C21H26N2O5. The van der Waals surface area contributed by atoms with Crippen LogP contribution < -0.4 is 15.0 Å². The van der Waals surface area contributed by atoms with E-state index in [4.69, 9.17) is 14.7 Å². The number of hydrogen-bond acceptors (Lipinski definition) is 6. The lowest BCUT2D eigenvalue weighted by Gasteiger charge is -2.12. The Morgan fingerprint density at radius 3 is 2.39 bits per heavy atom. The fourth-order valence-corrected chi connectivity index (χ4v) is 2.96. The first-order chi connectivity index (χ1) is 13.6. The highest BCUT2D eigenvalue weighted by Gasteiger charge is 2.15. The number of ketones is 1. The van der Waals surface area contributed by atoms with Crippen molar-refractivity contribution in [2.75, 3.05) is 14.2 Å². The van der Waals surface area contributed by atoms with Gasteiger partial charge in [-0.05, 0) is 36.6 Å². The SMILES string of the molecule is COc1ccc(-c2cccnc2C(=O)CCCCCCC(=O)NO)cc1OC. The molecule has 150 valence electrons. The van der Waals surface area contributed by atoms with E-state index in [-0.39, 0.29) is 18.1 Å². The van der Waals surface area contributed by atoms with Crippen molar-refractivity contribution in [1.82, 2.24) is 10.5 Å². The lowest BCUT2D eigenvalue weighted by Crippen LogP contribution is -2.17. The van der Waals surface area contributed by atoms with Gasteiger partial charge in [-0.15, -0.1) is 0 Å². The van der Waals surface area contributed by atoms with Crippen LogP contribution in [0.2, 0.25) is 0 Å². The summed E-state index contributed by atoms with van der Waals surface area (Å²) in [6.07, 6.45) is 5.36. The molecule has 28 heavy (non-hydrogen) atoms. The molecule has 0 aliphatic rings. The number of methoxy groups -OCH3 is 2. The zero-order chi connectivity index (χ0) is 20.4. The molecule has 0 unspecified atom stereocenters. The summed E-state index contributed by atoms with van der Waals surface area (Å²) in [6.45, 7) is 0. The second-order valence-corrected chi connectivity index (χ2v) is 6.34. The Bertz CT molecular complexity index is 807. The Hall–Kier alpha value is -2.93. The van der Waals surface area contributed by atoms with Gasteiger partial charge in [-0.1, -0.05) is 25.0 Å². The third-order valence-corrected chi connectivity index (χ3v) is 4.45. The maximum absolute atomic E-state index is 12.7. The number of carbonyl (C=O) groups is 2. The fraction of sp³-hybridized carbons (Fsp3) is 0.381. The molecule has 0 bridgehead atoms. The number of Topliss-reactive ketones (excluding diaryl/α,β-unsaturated/α-hetero) is 1. The van der Waals surface area contributed by atoms with Gasteiger partial charge in [0.2, 0.25) is 5.91 Å². The molecule has 1 aromatic heterocycles. The molecular weight excluding hydrogens is 360 g/mol. The number of nitrogens with one attached hydrogen (secondary N) is 1. The van der Waals surface area contributed by atoms with Crippen LogP contribution in [0.15, 0.2) is 36.5 Å². The minimum atomic E-state index is -0.385. The Kier molecular flexibility index (Phi) is 8.42. The Balaban J connectivity index is 2.01. The smallest absolute Gasteiger partial charge is 0.243 e. The highest BCUT2D eigenvalue weighted by atomic mass is 16.5. The second kappa shape index (κ2) is 11.0. The molecule has 0 aliphatic heterocycles. The van der Waals surface area contributed by atoms with Crippen LogP contribution in [0.1, 0.15) is 49.0 Å². The maximum Gasteiger partial charge on any atom is 0.243 e. The van der Waals surface area contributed by atoms with Crippen LogP contribution in [0.5, 0.6) is 11.5 Å². The zero-order valence-corrected chi connectivity index (χ0v) is 16.2. The van der Waals surface area contributed by atoms with Gasteiger partial charge in [-0.2, -0.15) is 0 Å². The van der Waals surface area contributed by atoms with Crippen molar-refractivity contribution in [3.05, 3.63) is 42.2 Å². The largest absolute Gasteiger partial charge is 0.493 e. The first kappa shape index (κ1) is 21.4. The van der Waals surface area contributed by atoms with E-state index in [9.17, 15) is 9.59 Å². The van der Waals surface area contributed by atoms with Gasteiger partial charge in [-0.3, -0.25) is 19.8 Å². The number of aromatic nitrogens is 1. The van der Waals surface area contributed by atoms with E-state index in [0.29, 0.717) is 30.0 Å². The molecule has 0 spiro atoms. The lowest BCUT2D eigenvalue weighted by molar-refractivity contribution is -0.129. The number of pyridine rings is 1. The van der Waals surface area contributed by atoms with Crippen LogP contribution in [0.4, 0.5) is 0 Å². The second-order valence-electron chi connectivity index (χ2n) is 6.34. The standard InChI is InChI=1S/C21H26N2O5/c1-27-18-12-11-15(14-19(18)28-2)16-8-7-13-22-21(16)17(24)9-5-3-4-6-10-20(25)23-26/h7-8,11-14,26H,3-6,9-10H2,1-2H3,(H,23,25). The van der Waals surface area contributed by atoms with Gasteiger partial charge in [0, 0.05) is 24.6 Å². The first-order valence-electron chi connectivity index (χ1n) is 9.24. The third-order valence-electron chi connectivity index (χ3n) is 4.45. The monoisotopic (exact) mass is 386 g/mol. The van der Waals surface area contributed by atoms with Crippen molar-refractivity contribution >= 4 is 11.7 Å². The van der Waals surface area contributed by atoms with Crippen LogP contribution in [0.25, 0.3) is 11.1 Å². The van der Waals surface area contributed by atoms with Crippen LogP contribution in [-0.2, 0) is 4.79 Å². The number of hydrogen-bond donors (Lipinski definition) is 2. The van der Waals surface area contributed by atoms with E-state index in [1.807, 2.05) is 18.2 Å². The van der Waals surface area contributed by atoms with Crippen molar-refractivity contribution in [2.45, 2.75) is 38.5 Å². The summed E-state index contributed by atoms with van der Waals surface area (Å²) in [7, 11) is 3.15. The molecule has 2 rings (SSSR count). The van der Waals surface area contributed by atoms with Crippen molar-refractivity contribution in [3.63, 3.8) is 0 Å². The number of nitrogens with zero attached hydrogens (tertiary/aromatic N) is 1. The molecule has 0 aliphatic carbocycles. The van der Waals surface area contributed by atoms with Gasteiger partial charge in [0.25, 0.3) is 0 Å². The van der Waals surface area contributed by atoms with Crippen molar-refractivity contribution in [2.24, 2.45) is 0 Å². The summed E-state index contributed by atoms with van der Waals surface area (Å²) in [5.41, 5.74) is 3.65. The fourth-order valence-electron chi connectivity index (χ4n) is 2.96. The van der Waals surface area contributed by atoms with E-state index in [1.54, 1.807) is 38.0 Å².